The molecule has 1 aliphatic heterocycles. The van der Waals surface area contributed by atoms with Gasteiger partial charge in [-0.1, -0.05) is 0 Å². The Morgan fingerprint density at radius 2 is 2.28 bits per heavy atom. The molecule has 0 spiro atoms. The standard InChI is InChI=1S/C9H14N4O5/c10-7-4(11-2-12-7)8(17)13-9-6(16)5(15)3(1-14)18-9/h2-3,5-6,9,14-16H,1,10H2,(H,11,12)(H,13,17)/t3-,5-,6-,9?/m0/s1. The Morgan fingerprint density at radius 3 is 2.78 bits per heavy atom. The highest BCUT2D eigenvalue weighted by molar-refractivity contribution is 5.96. The molecule has 2 heterocycles. The number of nitrogen functional groups attached to an aromatic ring is 1. The number of hydrogen-bond acceptors (Lipinski definition) is 7. The number of aliphatic hydroxyl groups is 3. The van der Waals surface area contributed by atoms with Crippen LogP contribution in [0.3, 0.4) is 0 Å². The van der Waals surface area contributed by atoms with Crippen LogP contribution >= 0.6 is 0 Å². The molecule has 4 atom stereocenters. The lowest BCUT2D eigenvalue weighted by atomic mass is 10.1. The molecule has 1 aliphatic rings. The molecule has 0 aliphatic carbocycles. The van der Waals surface area contributed by atoms with E-state index in [1.54, 1.807) is 0 Å². The van der Waals surface area contributed by atoms with Crippen molar-refractivity contribution >= 4 is 11.7 Å². The Hall–Kier alpha value is -1.68. The summed E-state index contributed by atoms with van der Waals surface area (Å²) in [5.74, 6) is -0.612. The SMILES string of the molecule is Nc1nc[nH]c1C(=O)NC1O[C@@H](CO)[C@H](O)[C@@H]1O. The second-order valence-corrected chi connectivity index (χ2v) is 3.90. The summed E-state index contributed by atoms with van der Waals surface area (Å²) in [6.07, 6.45) is -3.40. The molecule has 18 heavy (non-hydrogen) atoms. The van der Waals surface area contributed by atoms with Gasteiger partial charge in [0.25, 0.3) is 5.91 Å². The summed E-state index contributed by atoms with van der Waals surface area (Å²) in [4.78, 5) is 17.9. The van der Waals surface area contributed by atoms with E-state index in [0.29, 0.717) is 0 Å². The van der Waals surface area contributed by atoms with E-state index in [-0.39, 0.29) is 11.5 Å². The van der Waals surface area contributed by atoms with E-state index in [9.17, 15) is 15.0 Å². The number of nitrogens with one attached hydrogen (secondary N) is 2. The van der Waals surface area contributed by atoms with E-state index in [0.717, 1.165) is 0 Å². The zero-order valence-corrected chi connectivity index (χ0v) is 9.28. The maximum atomic E-state index is 11.7. The normalized spacial score (nSPS) is 31.5. The minimum absolute atomic E-state index is 0.0132. The zero-order chi connectivity index (χ0) is 13.3. The van der Waals surface area contributed by atoms with E-state index in [1.165, 1.54) is 6.33 Å². The number of H-pyrrole nitrogens is 1. The van der Waals surface area contributed by atoms with Crippen molar-refractivity contribution in [1.82, 2.24) is 15.3 Å². The first-order valence-electron chi connectivity index (χ1n) is 5.26. The zero-order valence-electron chi connectivity index (χ0n) is 9.28. The minimum Gasteiger partial charge on any atom is -0.394 e. The van der Waals surface area contributed by atoms with Crippen molar-refractivity contribution in [3.8, 4) is 0 Å². The maximum absolute atomic E-state index is 11.7. The number of nitrogens with zero attached hydrogens (tertiary/aromatic N) is 1. The molecule has 0 radical (unpaired) electrons. The van der Waals surface area contributed by atoms with Crippen LogP contribution in [0.15, 0.2) is 6.33 Å². The molecule has 9 heteroatoms. The van der Waals surface area contributed by atoms with Gasteiger partial charge in [0.2, 0.25) is 0 Å². The molecule has 0 aromatic carbocycles. The van der Waals surface area contributed by atoms with Gasteiger partial charge < -0.3 is 36.1 Å². The van der Waals surface area contributed by atoms with Crippen LogP contribution in [-0.2, 0) is 4.74 Å². The number of anilines is 1. The Balaban J connectivity index is 2.03. The molecule has 1 aromatic heterocycles. The highest BCUT2D eigenvalue weighted by atomic mass is 16.6. The van der Waals surface area contributed by atoms with Crippen molar-refractivity contribution in [3.63, 3.8) is 0 Å². The molecule has 2 rings (SSSR count). The van der Waals surface area contributed by atoms with Gasteiger partial charge in [-0.25, -0.2) is 4.98 Å². The summed E-state index contributed by atoms with van der Waals surface area (Å²) in [7, 11) is 0. The van der Waals surface area contributed by atoms with E-state index in [1.807, 2.05) is 0 Å². The van der Waals surface area contributed by atoms with Crippen molar-refractivity contribution in [2.75, 3.05) is 12.3 Å². The van der Waals surface area contributed by atoms with Gasteiger partial charge in [0.15, 0.2) is 12.0 Å². The quantitative estimate of drug-likeness (QED) is 0.341. The largest absolute Gasteiger partial charge is 0.394 e. The summed E-state index contributed by atoms with van der Waals surface area (Å²) in [6, 6.07) is 0. The topological polar surface area (TPSA) is 154 Å². The Kier molecular flexibility index (Phi) is 3.48. The van der Waals surface area contributed by atoms with Crippen LogP contribution < -0.4 is 11.1 Å². The van der Waals surface area contributed by atoms with Crippen molar-refractivity contribution < 1.29 is 24.9 Å². The van der Waals surface area contributed by atoms with Crippen molar-refractivity contribution in [2.45, 2.75) is 24.5 Å². The average molecular weight is 258 g/mol. The predicted molar refractivity (Wildman–Crippen MR) is 58.2 cm³/mol. The van der Waals surface area contributed by atoms with E-state index >= 15 is 0 Å². The third-order valence-electron chi connectivity index (χ3n) is 2.71. The van der Waals surface area contributed by atoms with Gasteiger partial charge in [0, 0.05) is 0 Å². The molecule has 1 fully saturated rings. The number of aromatic nitrogens is 2. The lowest BCUT2D eigenvalue weighted by Crippen LogP contribution is -2.44. The third kappa shape index (κ3) is 2.16. The van der Waals surface area contributed by atoms with Crippen LogP contribution in [0, 0.1) is 0 Å². The molecular formula is C9H14N4O5. The van der Waals surface area contributed by atoms with Crippen LogP contribution in [0.5, 0.6) is 0 Å². The van der Waals surface area contributed by atoms with Crippen LogP contribution in [0.4, 0.5) is 5.82 Å². The highest BCUT2D eigenvalue weighted by Gasteiger charge is 2.43. The lowest BCUT2D eigenvalue weighted by Gasteiger charge is -2.15. The van der Waals surface area contributed by atoms with Gasteiger partial charge in [-0.05, 0) is 0 Å². The average Bonchev–Trinajstić information content (AvgIpc) is 2.88. The fourth-order valence-corrected chi connectivity index (χ4v) is 1.71. The molecule has 1 unspecified atom stereocenters. The molecule has 1 saturated heterocycles. The molecule has 0 saturated carbocycles. The number of ether oxygens (including phenoxy) is 1. The molecule has 100 valence electrons. The molecule has 9 nitrogen and oxygen atoms in total. The van der Waals surface area contributed by atoms with Gasteiger partial charge in [-0.2, -0.15) is 0 Å². The van der Waals surface area contributed by atoms with Crippen molar-refractivity contribution in [2.24, 2.45) is 0 Å². The fourth-order valence-electron chi connectivity index (χ4n) is 1.71. The molecule has 1 aromatic rings. The number of aliphatic hydroxyl groups excluding tert-OH is 3. The van der Waals surface area contributed by atoms with Crippen LogP contribution in [0.2, 0.25) is 0 Å². The second kappa shape index (κ2) is 4.90. The smallest absolute Gasteiger partial charge is 0.273 e. The summed E-state index contributed by atoms with van der Waals surface area (Å²) < 4.78 is 5.09. The van der Waals surface area contributed by atoms with E-state index in [2.05, 4.69) is 15.3 Å². The Labute approximate surface area is 102 Å². The van der Waals surface area contributed by atoms with E-state index in [4.69, 9.17) is 15.6 Å². The van der Waals surface area contributed by atoms with Gasteiger partial charge in [-0.3, -0.25) is 4.79 Å². The molecule has 0 bridgehead atoms. The van der Waals surface area contributed by atoms with Gasteiger partial charge in [0.1, 0.15) is 24.0 Å². The maximum Gasteiger partial charge on any atom is 0.273 e. The van der Waals surface area contributed by atoms with Gasteiger partial charge >= 0.3 is 0 Å². The molecule has 7 N–H and O–H groups in total. The monoisotopic (exact) mass is 258 g/mol. The number of amides is 1. The Bertz CT molecular complexity index is 436. The van der Waals surface area contributed by atoms with Gasteiger partial charge in [0.05, 0.1) is 12.9 Å². The van der Waals surface area contributed by atoms with Crippen molar-refractivity contribution in [3.05, 3.63) is 12.0 Å². The summed E-state index contributed by atoms with van der Waals surface area (Å²) in [5.41, 5.74) is 5.47. The number of nitrogens with two attached hydrogens (primary N) is 1. The Morgan fingerprint density at radius 1 is 1.56 bits per heavy atom. The lowest BCUT2D eigenvalue weighted by molar-refractivity contribution is -0.0304. The minimum atomic E-state index is -1.32. The van der Waals surface area contributed by atoms with Crippen LogP contribution in [0.1, 0.15) is 10.5 Å². The number of imidazole rings is 1. The first-order chi connectivity index (χ1) is 8.54. The second-order valence-electron chi connectivity index (χ2n) is 3.90. The van der Waals surface area contributed by atoms with Gasteiger partial charge in [-0.15, -0.1) is 0 Å². The molecular weight excluding hydrogens is 244 g/mol. The number of aromatic amines is 1. The summed E-state index contributed by atoms with van der Waals surface area (Å²) in [5, 5.41) is 30.3. The summed E-state index contributed by atoms with van der Waals surface area (Å²) >= 11 is 0. The van der Waals surface area contributed by atoms with Crippen molar-refractivity contribution in [1.29, 1.82) is 0 Å². The number of carbonyl (C=O) groups is 1. The number of rotatable bonds is 3. The van der Waals surface area contributed by atoms with Crippen LogP contribution in [0.25, 0.3) is 0 Å². The summed E-state index contributed by atoms with van der Waals surface area (Å²) in [6.45, 7) is -0.462. The number of carbonyl (C=O) groups excluding carboxylic acids is 1. The highest BCUT2D eigenvalue weighted by Crippen LogP contribution is 2.19. The first kappa shape index (κ1) is 12.8. The first-order valence-corrected chi connectivity index (χ1v) is 5.26. The third-order valence-corrected chi connectivity index (χ3v) is 2.71. The van der Waals surface area contributed by atoms with Crippen LogP contribution in [-0.4, -0.2) is 62.3 Å². The number of hydrogen-bond donors (Lipinski definition) is 6. The fraction of sp³-hybridized carbons (Fsp3) is 0.556. The van der Waals surface area contributed by atoms with E-state index < -0.39 is 37.1 Å². The molecule has 1 amide bonds. The predicted octanol–water partition coefficient (Wildman–Crippen LogP) is -2.84.